The Morgan fingerprint density at radius 1 is 1.29 bits per heavy atom. The molecule has 1 N–H and O–H groups in total. The Hall–Kier alpha value is -2.25. The van der Waals surface area contributed by atoms with Crippen molar-refractivity contribution in [1.29, 1.82) is 0 Å². The highest BCUT2D eigenvalue weighted by Crippen LogP contribution is 2.28. The van der Waals surface area contributed by atoms with Crippen LogP contribution in [-0.2, 0) is 6.54 Å². The third-order valence-electron chi connectivity index (χ3n) is 4.60. The third-order valence-corrected chi connectivity index (χ3v) is 5.95. The van der Waals surface area contributed by atoms with Gasteiger partial charge in [0.15, 0.2) is 10.9 Å². The zero-order chi connectivity index (χ0) is 20.4. The van der Waals surface area contributed by atoms with Crippen molar-refractivity contribution in [3.8, 4) is 5.69 Å². The number of aromatic amines is 1. The lowest BCUT2D eigenvalue weighted by Gasteiger charge is -2.12. The standard InChI is InChI=1S/C20H23ClN4O2S/c1-5-10-24-19(27)22-23-20(24)28-14(4)18(26)17-11-12(2)25(13(17)3)16-8-6-15(21)7-9-16/h6-9,11,14H,5,10H2,1-4H3,(H,22,27). The number of hydrogen-bond acceptors (Lipinski definition) is 4. The molecule has 2 aromatic heterocycles. The van der Waals surface area contributed by atoms with Gasteiger partial charge in [-0.15, -0.1) is 5.10 Å². The maximum absolute atomic E-state index is 13.1. The van der Waals surface area contributed by atoms with E-state index in [0.717, 1.165) is 23.5 Å². The Morgan fingerprint density at radius 3 is 2.61 bits per heavy atom. The van der Waals surface area contributed by atoms with Crippen LogP contribution >= 0.6 is 23.4 Å². The minimum Gasteiger partial charge on any atom is -0.318 e. The van der Waals surface area contributed by atoms with E-state index in [0.29, 0.717) is 22.3 Å². The molecule has 1 aromatic carbocycles. The number of hydrogen-bond donors (Lipinski definition) is 1. The van der Waals surface area contributed by atoms with Gasteiger partial charge in [-0.1, -0.05) is 30.3 Å². The van der Waals surface area contributed by atoms with E-state index >= 15 is 0 Å². The summed E-state index contributed by atoms with van der Waals surface area (Å²) in [6.45, 7) is 8.32. The quantitative estimate of drug-likeness (QED) is 0.455. The third kappa shape index (κ3) is 3.95. The zero-order valence-electron chi connectivity index (χ0n) is 16.3. The van der Waals surface area contributed by atoms with Crippen molar-refractivity contribution in [1.82, 2.24) is 19.3 Å². The summed E-state index contributed by atoms with van der Waals surface area (Å²) in [7, 11) is 0. The van der Waals surface area contributed by atoms with Gasteiger partial charge in [-0.05, 0) is 57.5 Å². The van der Waals surface area contributed by atoms with E-state index in [9.17, 15) is 9.59 Å². The summed E-state index contributed by atoms with van der Waals surface area (Å²) >= 11 is 7.29. The van der Waals surface area contributed by atoms with Gasteiger partial charge in [0.2, 0.25) is 0 Å². The molecule has 2 heterocycles. The first kappa shape index (κ1) is 20.5. The lowest BCUT2D eigenvalue weighted by Crippen LogP contribution is -2.19. The molecule has 28 heavy (non-hydrogen) atoms. The van der Waals surface area contributed by atoms with E-state index in [4.69, 9.17) is 11.6 Å². The Morgan fingerprint density at radius 2 is 1.96 bits per heavy atom. The van der Waals surface area contributed by atoms with Gasteiger partial charge in [-0.25, -0.2) is 9.89 Å². The SMILES string of the molecule is CCCn1c(SC(C)C(=O)c2cc(C)n(-c3ccc(Cl)cc3)c2C)n[nH]c1=O. The van der Waals surface area contributed by atoms with Gasteiger partial charge < -0.3 is 4.57 Å². The summed E-state index contributed by atoms with van der Waals surface area (Å²) in [6, 6.07) is 9.44. The van der Waals surface area contributed by atoms with Crippen LogP contribution in [-0.4, -0.2) is 30.4 Å². The second kappa shape index (κ2) is 8.41. The van der Waals surface area contributed by atoms with Crippen LogP contribution in [0.15, 0.2) is 40.3 Å². The van der Waals surface area contributed by atoms with E-state index in [1.807, 2.05) is 62.6 Å². The predicted octanol–water partition coefficient (Wildman–Crippen LogP) is 4.41. The average Bonchev–Trinajstić information content (AvgIpc) is 3.15. The van der Waals surface area contributed by atoms with Gasteiger partial charge in [0.25, 0.3) is 0 Å². The normalized spacial score (nSPS) is 12.3. The molecule has 0 aliphatic heterocycles. The van der Waals surface area contributed by atoms with Gasteiger partial charge in [-0.3, -0.25) is 9.36 Å². The number of thioether (sulfide) groups is 1. The first-order valence-corrected chi connectivity index (χ1v) is 10.4. The highest BCUT2D eigenvalue weighted by Gasteiger charge is 2.24. The molecule has 3 aromatic rings. The van der Waals surface area contributed by atoms with Gasteiger partial charge in [-0.2, -0.15) is 0 Å². The van der Waals surface area contributed by atoms with Gasteiger partial charge in [0.05, 0.1) is 5.25 Å². The largest absolute Gasteiger partial charge is 0.343 e. The fourth-order valence-corrected chi connectivity index (χ4v) is 4.32. The van der Waals surface area contributed by atoms with Crippen LogP contribution in [0.4, 0.5) is 0 Å². The van der Waals surface area contributed by atoms with E-state index in [2.05, 4.69) is 10.2 Å². The van der Waals surface area contributed by atoms with Gasteiger partial charge >= 0.3 is 5.69 Å². The molecular weight excluding hydrogens is 396 g/mol. The Kier molecular flexibility index (Phi) is 6.15. The first-order valence-electron chi connectivity index (χ1n) is 9.14. The summed E-state index contributed by atoms with van der Waals surface area (Å²) in [6.07, 6.45) is 0.817. The van der Waals surface area contributed by atoms with Crippen LogP contribution in [0.1, 0.15) is 42.0 Å². The number of aryl methyl sites for hydroxylation is 1. The fourth-order valence-electron chi connectivity index (χ4n) is 3.24. The van der Waals surface area contributed by atoms with Crippen LogP contribution in [0.5, 0.6) is 0 Å². The summed E-state index contributed by atoms with van der Waals surface area (Å²) in [4.78, 5) is 25.0. The maximum atomic E-state index is 13.1. The number of aromatic nitrogens is 4. The number of nitrogens with zero attached hydrogens (tertiary/aromatic N) is 3. The van der Waals surface area contributed by atoms with Crippen LogP contribution < -0.4 is 5.69 Å². The molecule has 0 radical (unpaired) electrons. The smallest absolute Gasteiger partial charge is 0.318 e. The number of ketones is 1. The van der Waals surface area contributed by atoms with Crippen molar-refractivity contribution in [2.24, 2.45) is 0 Å². The Bertz CT molecular complexity index is 1050. The number of Topliss-reactive ketones (excluding diaryl/α,β-unsaturated/α-hetero) is 1. The van der Waals surface area contributed by atoms with E-state index in [1.54, 1.807) is 4.57 Å². The molecular formula is C20H23ClN4O2S. The highest BCUT2D eigenvalue weighted by molar-refractivity contribution is 8.00. The van der Waals surface area contributed by atoms with Crippen LogP contribution in [0.3, 0.4) is 0 Å². The lowest BCUT2D eigenvalue weighted by atomic mass is 10.1. The van der Waals surface area contributed by atoms with Crippen LogP contribution in [0.2, 0.25) is 5.02 Å². The Labute approximate surface area is 172 Å². The van der Waals surface area contributed by atoms with E-state index in [-0.39, 0.29) is 16.7 Å². The molecule has 0 aliphatic rings. The molecule has 0 aliphatic carbocycles. The summed E-state index contributed by atoms with van der Waals surface area (Å²) in [5.41, 5.74) is 3.24. The number of rotatable bonds is 7. The minimum absolute atomic E-state index is 0.0109. The molecule has 6 nitrogen and oxygen atoms in total. The number of halogens is 1. The minimum atomic E-state index is -0.370. The van der Waals surface area contributed by atoms with Crippen LogP contribution in [0.25, 0.3) is 5.69 Å². The topological polar surface area (TPSA) is 72.7 Å². The molecule has 0 amide bonds. The number of H-pyrrole nitrogens is 1. The summed E-state index contributed by atoms with van der Waals surface area (Å²) in [5.74, 6) is 0.0109. The Balaban J connectivity index is 1.88. The monoisotopic (exact) mass is 418 g/mol. The second-order valence-corrected chi connectivity index (χ2v) is 8.43. The molecule has 148 valence electrons. The van der Waals surface area contributed by atoms with Crippen molar-refractivity contribution in [2.45, 2.75) is 51.1 Å². The number of benzene rings is 1. The number of carbonyl (C=O) groups is 1. The number of carbonyl (C=O) groups excluding carboxylic acids is 1. The van der Waals surface area contributed by atoms with E-state index < -0.39 is 0 Å². The fraction of sp³-hybridized carbons (Fsp3) is 0.350. The van der Waals surface area contributed by atoms with Crippen LogP contribution in [0, 0.1) is 13.8 Å². The molecule has 0 bridgehead atoms. The van der Waals surface area contributed by atoms with Crippen molar-refractivity contribution in [2.75, 3.05) is 0 Å². The number of nitrogens with one attached hydrogen (secondary N) is 1. The highest BCUT2D eigenvalue weighted by atomic mass is 35.5. The molecule has 0 fully saturated rings. The maximum Gasteiger partial charge on any atom is 0.343 e. The average molecular weight is 419 g/mol. The summed E-state index contributed by atoms with van der Waals surface area (Å²) < 4.78 is 3.62. The van der Waals surface area contributed by atoms with Gasteiger partial charge in [0.1, 0.15) is 0 Å². The first-order chi connectivity index (χ1) is 13.3. The molecule has 0 saturated carbocycles. The molecule has 1 atom stereocenters. The van der Waals surface area contributed by atoms with Crippen molar-refractivity contribution in [3.63, 3.8) is 0 Å². The second-order valence-electron chi connectivity index (χ2n) is 6.68. The molecule has 3 rings (SSSR count). The van der Waals surface area contributed by atoms with E-state index in [1.165, 1.54) is 11.8 Å². The predicted molar refractivity (Wildman–Crippen MR) is 113 cm³/mol. The molecule has 1 unspecified atom stereocenters. The zero-order valence-corrected chi connectivity index (χ0v) is 17.9. The molecule has 8 heteroatoms. The van der Waals surface area contributed by atoms with Crippen molar-refractivity contribution >= 4 is 29.1 Å². The molecule has 0 spiro atoms. The van der Waals surface area contributed by atoms with Crippen molar-refractivity contribution < 1.29 is 4.79 Å². The summed E-state index contributed by atoms with van der Waals surface area (Å²) in [5, 5.41) is 7.38. The van der Waals surface area contributed by atoms with Gasteiger partial charge in [0, 0.05) is 34.2 Å². The molecule has 0 saturated heterocycles. The van der Waals surface area contributed by atoms with Crippen molar-refractivity contribution in [3.05, 3.63) is 62.8 Å². The lowest BCUT2D eigenvalue weighted by molar-refractivity contribution is 0.0993.